The van der Waals surface area contributed by atoms with Crippen LogP contribution in [-0.2, 0) is 4.74 Å². The Morgan fingerprint density at radius 1 is 1.42 bits per heavy atom. The van der Waals surface area contributed by atoms with E-state index in [1.165, 1.54) is 0 Å². The summed E-state index contributed by atoms with van der Waals surface area (Å²) < 4.78 is 17.9. The Morgan fingerprint density at radius 2 is 2.25 bits per heavy atom. The summed E-state index contributed by atoms with van der Waals surface area (Å²) in [5.41, 5.74) is 0. The van der Waals surface area contributed by atoms with E-state index in [0.29, 0.717) is 26.2 Å². The number of alkyl halides is 1. The molecule has 0 aromatic rings. The van der Waals surface area contributed by atoms with Gasteiger partial charge in [-0.15, -0.1) is 0 Å². The predicted molar refractivity (Wildman–Crippen MR) is 41.7 cm³/mol. The number of hydrogen-bond acceptors (Lipinski definition) is 3. The minimum Gasteiger partial charge on any atom is -0.389 e. The normalized spacial score (nSPS) is 44.0. The van der Waals surface area contributed by atoms with E-state index in [1.54, 1.807) is 0 Å². The zero-order valence-corrected chi connectivity index (χ0v) is 6.95. The summed E-state index contributed by atoms with van der Waals surface area (Å²) >= 11 is 0. The van der Waals surface area contributed by atoms with Crippen LogP contribution < -0.4 is 0 Å². The maximum absolute atomic E-state index is 12.8. The maximum Gasteiger partial charge on any atom is 0.114 e. The summed E-state index contributed by atoms with van der Waals surface area (Å²) in [6.45, 7) is 2.17. The SMILES string of the molecule is O[C@@H]1COC[C@H]1N1CCC(F)C1. The molecule has 0 aromatic heterocycles. The molecule has 2 heterocycles. The third-order valence-corrected chi connectivity index (χ3v) is 2.65. The Morgan fingerprint density at radius 3 is 2.75 bits per heavy atom. The molecule has 0 aromatic carbocycles. The minimum absolute atomic E-state index is 0.0331. The van der Waals surface area contributed by atoms with E-state index < -0.39 is 12.3 Å². The number of halogens is 1. The van der Waals surface area contributed by atoms with Crippen LogP contribution in [0.3, 0.4) is 0 Å². The average Bonchev–Trinajstić information content (AvgIpc) is 2.58. The molecule has 0 amide bonds. The standard InChI is InChI=1S/C8H14FNO2/c9-6-1-2-10(3-6)7-4-12-5-8(7)11/h6-8,11H,1-5H2/t6?,7-,8-/m1/s1. The monoisotopic (exact) mass is 175 g/mol. The van der Waals surface area contributed by atoms with Crippen LogP contribution in [-0.4, -0.2) is 54.6 Å². The number of aliphatic hydroxyl groups excluding tert-OH is 1. The molecule has 2 rings (SSSR count). The van der Waals surface area contributed by atoms with Gasteiger partial charge in [-0.25, -0.2) is 4.39 Å². The Kier molecular flexibility index (Phi) is 2.30. The number of likely N-dealkylation sites (tertiary alicyclic amines) is 1. The van der Waals surface area contributed by atoms with Gasteiger partial charge in [-0.3, -0.25) is 4.90 Å². The molecular weight excluding hydrogens is 161 g/mol. The lowest BCUT2D eigenvalue weighted by Crippen LogP contribution is -2.41. The van der Waals surface area contributed by atoms with Gasteiger partial charge < -0.3 is 9.84 Å². The van der Waals surface area contributed by atoms with Crippen molar-refractivity contribution in [1.29, 1.82) is 0 Å². The molecule has 0 saturated carbocycles. The van der Waals surface area contributed by atoms with E-state index in [2.05, 4.69) is 0 Å². The lowest BCUT2D eigenvalue weighted by molar-refractivity contribution is 0.0916. The van der Waals surface area contributed by atoms with Crippen LogP contribution in [0.5, 0.6) is 0 Å². The van der Waals surface area contributed by atoms with E-state index in [1.807, 2.05) is 4.90 Å². The molecule has 3 nitrogen and oxygen atoms in total. The van der Waals surface area contributed by atoms with Crippen molar-refractivity contribution in [2.45, 2.75) is 24.7 Å². The first-order valence-electron chi connectivity index (χ1n) is 4.41. The Bertz CT molecular complexity index is 167. The molecule has 4 heteroatoms. The fourth-order valence-electron chi connectivity index (χ4n) is 1.92. The molecule has 0 radical (unpaired) electrons. The molecule has 2 saturated heterocycles. The van der Waals surface area contributed by atoms with Crippen LogP contribution in [0.2, 0.25) is 0 Å². The van der Waals surface area contributed by atoms with E-state index in [-0.39, 0.29) is 6.04 Å². The third kappa shape index (κ3) is 1.46. The quantitative estimate of drug-likeness (QED) is 0.598. The predicted octanol–water partition coefficient (Wildman–Crippen LogP) is -0.210. The molecule has 1 N–H and O–H groups in total. The highest BCUT2D eigenvalue weighted by molar-refractivity contribution is 4.88. The van der Waals surface area contributed by atoms with E-state index >= 15 is 0 Å². The largest absolute Gasteiger partial charge is 0.389 e. The zero-order chi connectivity index (χ0) is 8.55. The third-order valence-electron chi connectivity index (χ3n) is 2.65. The minimum atomic E-state index is -0.710. The summed E-state index contributed by atoms with van der Waals surface area (Å²) in [6, 6.07) is 0.0331. The second-order valence-electron chi connectivity index (χ2n) is 3.55. The molecule has 3 atom stereocenters. The Balaban J connectivity index is 1.91. The number of rotatable bonds is 1. The van der Waals surface area contributed by atoms with Crippen molar-refractivity contribution in [2.75, 3.05) is 26.3 Å². The van der Waals surface area contributed by atoms with Crippen molar-refractivity contribution < 1.29 is 14.2 Å². The van der Waals surface area contributed by atoms with E-state index in [4.69, 9.17) is 4.74 Å². The van der Waals surface area contributed by atoms with Crippen molar-refractivity contribution in [1.82, 2.24) is 4.90 Å². The highest BCUT2D eigenvalue weighted by Gasteiger charge is 2.35. The van der Waals surface area contributed by atoms with Crippen molar-refractivity contribution in [3.05, 3.63) is 0 Å². The van der Waals surface area contributed by atoms with Gasteiger partial charge in [0.15, 0.2) is 0 Å². The average molecular weight is 175 g/mol. The van der Waals surface area contributed by atoms with Gasteiger partial charge in [0.05, 0.1) is 25.4 Å². The molecule has 2 aliphatic heterocycles. The van der Waals surface area contributed by atoms with Gasteiger partial charge in [-0.1, -0.05) is 0 Å². The molecule has 2 aliphatic rings. The number of ether oxygens (including phenoxy) is 1. The first-order valence-corrected chi connectivity index (χ1v) is 4.41. The summed E-state index contributed by atoms with van der Waals surface area (Å²) in [4.78, 5) is 1.99. The van der Waals surface area contributed by atoms with Crippen LogP contribution in [0.4, 0.5) is 4.39 Å². The summed E-state index contributed by atoms with van der Waals surface area (Å²) in [5.74, 6) is 0. The van der Waals surface area contributed by atoms with Gasteiger partial charge in [0, 0.05) is 13.1 Å². The van der Waals surface area contributed by atoms with Crippen molar-refractivity contribution in [3.63, 3.8) is 0 Å². The van der Waals surface area contributed by atoms with Crippen molar-refractivity contribution in [2.24, 2.45) is 0 Å². The summed E-state index contributed by atoms with van der Waals surface area (Å²) in [7, 11) is 0. The van der Waals surface area contributed by atoms with Gasteiger partial charge in [0.1, 0.15) is 6.17 Å². The van der Waals surface area contributed by atoms with E-state index in [0.717, 1.165) is 6.54 Å². The van der Waals surface area contributed by atoms with Gasteiger partial charge in [0.2, 0.25) is 0 Å². The smallest absolute Gasteiger partial charge is 0.114 e. The lowest BCUT2D eigenvalue weighted by atomic mass is 10.2. The molecule has 70 valence electrons. The van der Waals surface area contributed by atoms with Crippen LogP contribution >= 0.6 is 0 Å². The van der Waals surface area contributed by atoms with Gasteiger partial charge in [-0.2, -0.15) is 0 Å². The second kappa shape index (κ2) is 3.28. The molecule has 0 aliphatic carbocycles. The number of aliphatic hydroxyl groups is 1. The Hall–Kier alpha value is -0.190. The summed E-state index contributed by atoms with van der Waals surface area (Å²) in [5, 5.41) is 9.45. The second-order valence-corrected chi connectivity index (χ2v) is 3.55. The van der Waals surface area contributed by atoms with Crippen LogP contribution in [0.1, 0.15) is 6.42 Å². The molecule has 2 fully saturated rings. The molecule has 0 spiro atoms. The Labute approximate surface area is 71.1 Å². The molecule has 1 unspecified atom stereocenters. The molecule has 12 heavy (non-hydrogen) atoms. The van der Waals surface area contributed by atoms with Gasteiger partial charge >= 0.3 is 0 Å². The highest BCUT2D eigenvalue weighted by atomic mass is 19.1. The van der Waals surface area contributed by atoms with Crippen LogP contribution in [0.15, 0.2) is 0 Å². The zero-order valence-electron chi connectivity index (χ0n) is 6.95. The van der Waals surface area contributed by atoms with Crippen molar-refractivity contribution >= 4 is 0 Å². The topological polar surface area (TPSA) is 32.7 Å². The lowest BCUT2D eigenvalue weighted by Gasteiger charge is -2.23. The first kappa shape index (κ1) is 8.41. The molecular formula is C8H14FNO2. The summed E-state index contributed by atoms with van der Waals surface area (Å²) in [6.07, 6.45) is -0.531. The van der Waals surface area contributed by atoms with Gasteiger partial charge in [-0.05, 0) is 6.42 Å². The molecule has 0 bridgehead atoms. The van der Waals surface area contributed by atoms with Gasteiger partial charge in [0.25, 0.3) is 0 Å². The fourth-order valence-corrected chi connectivity index (χ4v) is 1.92. The van der Waals surface area contributed by atoms with Crippen LogP contribution in [0.25, 0.3) is 0 Å². The van der Waals surface area contributed by atoms with Crippen molar-refractivity contribution in [3.8, 4) is 0 Å². The van der Waals surface area contributed by atoms with Crippen LogP contribution in [0, 0.1) is 0 Å². The van der Waals surface area contributed by atoms with E-state index in [9.17, 15) is 9.50 Å². The first-order chi connectivity index (χ1) is 5.77. The fraction of sp³-hybridized carbons (Fsp3) is 1.00. The maximum atomic E-state index is 12.8. The highest BCUT2D eigenvalue weighted by Crippen LogP contribution is 2.20. The number of nitrogens with zero attached hydrogens (tertiary/aromatic N) is 1. The number of hydrogen-bond donors (Lipinski definition) is 1.